The van der Waals surface area contributed by atoms with Gasteiger partial charge in [-0.05, 0) is 12.0 Å². The van der Waals surface area contributed by atoms with E-state index in [0.717, 1.165) is 10.8 Å². The highest BCUT2D eigenvalue weighted by molar-refractivity contribution is 5.71. The van der Waals surface area contributed by atoms with Gasteiger partial charge in [-0.1, -0.05) is 13.8 Å². The third kappa shape index (κ3) is 3.16. The summed E-state index contributed by atoms with van der Waals surface area (Å²) in [6, 6.07) is 0. The zero-order valence-corrected chi connectivity index (χ0v) is 12.4. The second kappa shape index (κ2) is 5.88. The molecule has 0 spiro atoms. The lowest BCUT2D eigenvalue weighted by atomic mass is 10.1. The number of aliphatic hydroxyl groups excluding tert-OH is 1. The van der Waals surface area contributed by atoms with Crippen molar-refractivity contribution in [1.82, 2.24) is 9.55 Å². The van der Waals surface area contributed by atoms with Crippen molar-refractivity contribution in [3.05, 3.63) is 28.1 Å². The minimum Gasteiger partial charge on any atom is -0.464 e. The number of aromatic nitrogens is 2. The van der Waals surface area contributed by atoms with E-state index in [4.69, 9.17) is 10.5 Å². The van der Waals surface area contributed by atoms with Gasteiger partial charge in [0.1, 0.15) is 6.61 Å². The maximum atomic E-state index is 13.4. The first-order valence-electron chi connectivity index (χ1n) is 6.82. The van der Waals surface area contributed by atoms with Gasteiger partial charge < -0.3 is 15.6 Å². The number of carbonyl (C=O) groups is 1. The quantitative estimate of drug-likeness (QED) is 0.762. The third-order valence-electron chi connectivity index (χ3n) is 3.58. The first kappa shape index (κ1) is 16.2. The molecule has 0 aromatic carbocycles. The summed E-state index contributed by atoms with van der Waals surface area (Å²) >= 11 is 0. The molecule has 3 N–H and O–H groups in total. The Morgan fingerprint density at radius 1 is 1.68 bits per heavy atom. The van der Waals surface area contributed by atoms with E-state index in [9.17, 15) is 19.1 Å². The summed E-state index contributed by atoms with van der Waals surface area (Å²) in [4.78, 5) is 26.4. The van der Waals surface area contributed by atoms with Crippen LogP contribution in [0.15, 0.2) is 16.6 Å². The number of rotatable bonds is 5. The molecular formula is C14H18FN3O4. The molecule has 1 aliphatic carbocycles. The number of esters is 1. The Labute approximate surface area is 126 Å². The highest BCUT2D eigenvalue weighted by Gasteiger charge is 2.50. The van der Waals surface area contributed by atoms with Crippen LogP contribution in [0.3, 0.4) is 0 Å². The van der Waals surface area contributed by atoms with Gasteiger partial charge in [-0.3, -0.25) is 9.36 Å². The standard InChI is InChI=1S/C14H18FN3O4/c1-8(2)12(20)22-7-14(6-19)3-9(14)4-18-5-10(15)11(16)17-13(18)21/h4-5,8,19H,3,6-7H2,1-2H3,(H2,16,17,21). The SMILES string of the molecule is CC(C)C(=O)OCC1(CO)CC1=Cn1cc(F)c(N)nc1=O. The van der Waals surface area contributed by atoms with Crippen molar-refractivity contribution in [2.24, 2.45) is 11.3 Å². The molecular weight excluding hydrogens is 293 g/mol. The second-order valence-corrected chi connectivity index (χ2v) is 5.70. The molecule has 0 amide bonds. The molecule has 1 atom stereocenters. The normalized spacial score (nSPS) is 22.1. The zero-order valence-electron chi connectivity index (χ0n) is 12.4. The number of nitrogens with two attached hydrogens (primary N) is 1. The summed E-state index contributed by atoms with van der Waals surface area (Å²) in [5.74, 6) is -1.90. The van der Waals surface area contributed by atoms with E-state index in [1.165, 1.54) is 6.20 Å². The van der Waals surface area contributed by atoms with Crippen molar-refractivity contribution in [1.29, 1.82) is 0 Å². The first-order valence-corrected chi connectivity index (χ1v) is 6.82. The second-order valence-electron chi connectivity index (χ2n) is 5.70. The molecule has 120 valence electrons. The molecule has 0 bridgehead atoms. The van der Waals surface area contributed by atoms with Crippen molar-refractivity contribution in [3.8, 4) is 0 Å². The van der Waals surface area contributed by atoms with E-state index in [1.54, 1.807) is 13.8 Å². The Morgan fingerprint density at radius 2 is 2.36 bits per heavy atom. The van der Waals surface area contributed by atoms with Gasteiger partial charge in [-0.2, -0.15) is 4.98 Å². The van der Waals surface area contributed by atoms with Crippen LogP contribution in [0.2, 0.25) is 0 Å². The van der Waals surface area contributed by atoms with E-state index >= 15 is 0 Å². The Morgan fingerprint density at radius 3 is 2.95 bits per heavy atom. The predicted molar refractivity (Wildman–Crippen MR) is 77.1 cm³/mol. The number of aliphatic hydroxyl groups is 1. The number of hydrogen-bond acceptors (Lipinski definition) is 6. The van der Waals surface area contributed by atoms with Crippen LogP contribution >= 0.6 is 0 Å². The average Bonchev–Trinajstić information content (AvgIpc) is 3.15. The monoisotopic (exact) mass is 311 g/mol. The Kier molecular flexibility index (Phi) is 4.32. The van der Waals surface area contributed by atoms with E-state index in [0.29, 0.717) is 12.0 Å². The molecule has 1 fully saturated rings. The van der Waals surface area contributed by atoms with Crippen LogP contribution in [0.5, 0.6) is 0 Å². The fourth-order valence-corrected chi connectivity index (χ4v) is 1.94. The van der Waals surface area contributed by atoms with E-state index in [-0.39, 0.29) is 25.1 Å². The number of carbonyl (C=O) groups excluding carboxylic acids is 1. The molecule has 1 aromatic rings. The van der Waals surface area contributed by atoms with Gasteiger partial charge in [0.25, 0.3) is 0 Å². The fraction of sp³-hybridized carbons (Fsp3) is 0.500. The van der Waals surface area contributed by atoms with Crippen LogP contribution in [0.1, 0.15) is 20.3 Å². The molecule has 1 heterocycles. The molecule has 1 aromatic heterocycles. The molecule has 22 heavy (non-hydrogen) atoms. The van der Waals surface area contributed by atoms with Crippen LogP contribution in [-0.2, 0) is 9.53 Å². The molecule has 0 radical (unpaired) electrons. The molecule has 0 saturated heterocycles. The van der Waals surface area contributed by atoms with Crippen LogP contribution in [0.4, 0.5) is 10.2 Å². The molecule has 1 saturated carbocycles. The zero-order chi connectivity index (χ0) is 16.5. The summed E-state index contributed by atoms with van der Waals surface area (Å²) in [6.07, 6.45) is 2.77. The van der Waals surface area contributed by atoms with E-state index in [1.807, 2.05) is 0 Å². The molecule has 1 unspecified atom stereocenters. The summed E-state index contributed by atoms with van der Waals surface area (Å²) in [5, 5.41) is 9.50. The largest absolute Gasteiger partial charge is 0.464 e. The van der Waals surface area contributed by atoms with Gasteiger partial charge in [0.15, 0.2) is 11.6 Å². The van der Waals surface area contributed by atoms with Crippen molar-refractivity contribution >= 4 is 18.0 Å². The van der Waals surface area contributed by atoms with Crippen molar-refractivity contribution in [2.75, 3.05) is 18.9 Å². The topological polar surface area (TPSA) is 107 Å². The van der Waals surface area contributed by atoms with Crippen molar-refractivity contribution in [2.45, 2.75) is 20.3 Å². The molecule has 1 aliphatic rings. The first-order chi connectivity index (χ1) is 10.3. The maximum absolute atomic E-state index is 13.4. The Hall–Kier alpha value is -2.22. The molecule has 2 rings (SSSR count). The predicted octanol–water partition coefficient (Wildman–Crippen LogP) is 0.387. The number of anilines is 1. The lowest BCUT2D eigenvalue weighted by Crippen LogP contribution is -2.23. The number of hydrogen-bond donors (Lipinski definition) is 2. The molecule has 7 nitrogen and oxygen atoms in total. The highest BCUT2D eigenvalue weighted by Crippen LogP contribution is 2.52. The van der Waals surface area contributed by atoms with Gasteiger partial charge in [0.05, 0.1) is 24.1 Å². The molecule has 8 heteroatoms. The average molecular weight is 311 g/mol. The Bertz CT molecular complexity index is 683. The van der Waals surface area contributed by atoms with Crippen LogP contribution in [0.25, 0.3) is 6.20 Å². The Balaban J connectivity index is 2.16. The lowest BCUT2D eigenvalue weighted by Gasteiger charge is -2.13. The van der Waals surface area contributed by atoms with Gasteiger partial charge in [-0.25, -0.2) is 9.18 Å². The summed E-state index contributed by atoms with van der Waals surface area (Å²) in [5.41, 5.74) is 4.46. The van der Waals surface area contributed by atoms with E-state index < -0.39 is 22.7 Å². The smallest absolute Gasteiger partial charge is 0.353 e. The van der Waals surface area contributed by atoms with Gasteiger partial charge in [-0.15, -0.1) is 0 Å². The van der Waals surface area contributed by atoms with Crippen LogP contribution in [0, 0.1) is 17.2 Å². The van der Waals surface area contributed by atoms with Gasteiger partial charge in [0, 0.05) is 6.20 Å². The number of halogens is 1. The fourth-order valence-electron chi connectivity index (χ4n) is 1.94. The van der Waals surface area contributed by atoms with Gasteiger partial charge in [0.2, 0.25) is 0 Å². The van der Waals surface area contributed by atoms with Gasteiger partial charge >= 0.3 is 11.7 Å². The van der Waals surface area contributed by atoms with Crippen LogP contribution in [-0.4, -0.2) is 33.8 Å². The summed E-state index contributed by atoms with van der Waals surface area (Å²) in [6.45, 7) is 3.20. The van der Waals surface area contributed by atoms with E-state index in [2.05, 4.69) is 4.98 Å². The minimum atomic E-state index is -0.807. The minimum absolute atomic E-state index is 0.0198. The maximum Gasteiger partial charge on any atom is 0.353 e. The molecule has 0 aliphatic heterocycles. The third-order valence-corrected chi connectivity index (χ3v) is 3.58. The van der Waals surface area contributed by atoms with Crippen molar-refractivity contribution in [3.63, 3.8) is 0 Å². The van der Waals surface area contributed by atoms with Crippen LogP contribution < -0.4 is 11.4 Å². The number of nitrogen functional groups attached to an aromatic ring is 1. The highest BCUT2D eigenvalue weighted by atomic mass is 19.1. The summed E-state index contributed by atoms with van der Waals surface area (Å²) < 4.78 is 19.4. The number of ether oxygens (including phenoxy) is 1. The van der Waals surface area contributed by atoms with Crippen molar-refractivity contribution < 1.29 is 19.0 Å². The number of nitrogens with zero attached hydrogens (tertiary/aromatic N) is 2. The summed E-state index contributed by atoms with van der Waals surface area (Å²) in [7, 11) is 0. The lowest BCUT2D eigenvalue weighted by molar-refractivity contribution is -0.149.